The number of fused-ring (bicyclic) bond motifs is 1. The van der Waals surface area contributed by atoms with Gasteiger partial charge in [0.25, 0.3) is 0 Å². The number of hydrogen-bond acceptors (Lipinski definition) is 4. The summed E-state index contributed by atoms with van der Waals surface area (Å²) in [6.07, 6.45) is 5.06. The van der Waals surface area contributed by atoms with E-state index in [1.54, 1.807) is 0 Å². The van der Waals surface area contributed by atoms with E-state index in [1.165, 1.54) is 0 Å². The summed E-state index contributed by atoms with van der Waals surface area (Å²) in [7, 11) is 0. The lowest BCUT2D eigenvalue weighted by molar-refractivity contribution is -0.143. The van der Waals surface area contributed by atoms with Crippen molar-refractivity contribution in [1.29, 1.82) is 0 Å². The molecule has 0 aliphatic heterocycles. The van der Waals surface area contributed by atoms with Gasteiger partial charge in [-0.15, -0.1) is 0 Å². The lowest BCUT2D eigenvalue weighted by Crippen LogP contribution is -2.16. The van der Waals surface area contributed by atoms with Gasteiger partial charge in [0, 0.05) is 24.7 Å². The van der Waals surface area contributed by atoms with Crippen LogP contribution in [0, 0.1) is 0 Å². The van der Waals surface area contributed by atoms with E-state index >= 15 is 0 Å². The molecule has 2 aromatic rings. The van der Waals surface area contributed by atoms with Crippen molar-refractivity contribution < 1.29 is 9.53 Å². The molecule has 0 unspecified atom stereocenters. The third kappa shape index (κ3) is 3.79. The molecule has 0 fully saturated rings. The highest BCUT2D eigenvalue weighted by molar-refractivity contribution is 5.69. The number of carbonyl (C=O) groups is 1. The van der Waals surface area contributed by atoms with Crippen molar-refractivity contribution in [2.75, 3.05) is 13.2 Å². The molecule has 1 N–H and O–H groups in total. The summed E-state index contributed by atoms with van der Waals surface area (Å²) in [5.41, 5.74) is 2.28. The Morgan fingerprint density at radius 2 is 2.37 bits per heavy atom. The molecule has 0 aliphatic rings. The molecule has 0 aliphatic carbocycles. The summed E-state index contributed by atoms with van der Waals surface area (Å²) < 4.78 is 6.73. The highest BCUT2D eigenvalue weighted by Crippen LogP contribution is 2.09. The van der Waals surface area contributed by atoms with Crippen molar-refractivity contribution in [2.45, 2.75) is 26.3 Å². The van der Waals surface area contributed by atoms with Gasteiger partial charge in [-0.3, -0.25) is 4.79 Å². The standard InChI is InChI=1S/C14H19N3O2/c1-2-19-14(18)7-5-8-15-10-12-11-16-17-9-4-3-6-13(12)17/h3-4,6,9,11,15H,2,5,7-8,10H2,1H3. The van der Waals surface area contributed by atoms with E-state index in [0.29, 0.717) is 13.0 Å². The third-order valence-corrected chi connectivity index (χ3v) is 2.86. The van der Waals surface area contributed by atoms with Gasteiger partial charge in [-0.1, -0.05) is 6.07 Å². The van der Waals surface area contributed by atoms with Crippen molar-refractivity contribution >= 4 is 11.5 Å². The van der Waals surface area contributed by atoms with Crippen LogP contribution in [0.5, 0.6) is 0 Å². The Morgan fingerprint density at radius 1 is 1.47 bits per heavy atom. The maximum atomic E-state index is 11.1. The van der Waals surface area contributed by atoms with Crippen molar-refractivity contribution in [2.24, 2.45) is 0 Å². The number of nitrogens with one attached hydrogen (secondary N) is 1. The van der Waals surface area contributed by atoms with Crippen LogP contribution in [0.3, 0.4) is 0 Å². The predicted molar refractivity (Wildman–Crippen MR) is 72.8 cm³/mol. The molecule has 0 aromatic carbocycles. The van der Waals surface area contributed by atoms with E-state index in [0.717, 1.165) is 30.6 Å². The number of esters is 1. The second-order valence-corrected chi connectivity index (χ2v) is 4.29. The van der Waals surface area contributed by atoms with Gasteiger partial charge < -0.3 is 10.1 Å². The smallest absolute Gasteiger partial charge is 0.305 e. The van der Waals surface area contributed by atoms with Crippen molar-refractivity contribution in [3.63, 3.8) is 0 Å². The summed E-state index contributed by atoms with van der Waals surface area (Å²) in [6, 6.07) is 6.00. The number of rotatable bonds is 7. The van der Waals surface area contributed by atoms with Crippen LogP contribution in [-0.4, -0.2) is 28.7 Å². The van der Waals surface area contributed by atoms with Gasteiger partial charge in [0.2, 0.25) is 0 Å². The summed E-state index contributed by atoms with van der Waals surface area (Å²) in [5, 5.41) is 7.59. The number of hydrogen-bond donors (Lipinski definition) is 1. The second kappa shape index (κ2) is 6.89. The number of nitrogens with zero attached hydrogens (tertiary/aromatic N) is 2. The molecular formula is C14H19N3O2. The molecule has 5 nitrogen and oxygen atoms in total. The fourth-order valence-corrected chi connectivity index (χ4v) is 1.94. The minimum absolute atomic E-state index is 0.125. The lowest BCUT2D eigenvalue weighted by Gasteiger charge is -2.04. The van der Waals surface area contributed by atoms with E-state index in [-0.39, 0.29) is 5.97 Å². The molecule has 0 saturated heterocycles. The Hall–Kier alpha value is -1.88. The Bertz CT molecular complexity index is 536. The average Bonchev–Trinajstić information content (AvgIpc) is 2.82. The molecule has 2 rings (SSSR count). The SMILES string of the molecule is CCOC(=O)CCCNCc1cnn2ccccc12. The maximum absolute atomic E-state index is 11.1. The summed E-state index contributed by atoms with van der Waals surface area (Å²) >= 11 is 0. The topological polar surface area (TPSA) is 55.6 Å². The van der Waals surface area contributed by atoms with Gasteiger partial charge in [0.05, 0.1) is 18.3 Å². The zero-order valence-corrected chi connectivity index (χ0v) is 11.1. The lowest BCUT2D eigenvalue weighted by atomic mass is 10.2. The quantitative estimate of drug-likeness (QED) is 0.609. The molecule has 0 atom stereocenters. The summed E-state index contributed by atoms with van der Waals surface area (Å²) in [4.78, 5) is 11.1. The summed E-state index contributed by atoms with van der Waals surface area (Å²) in [5.74, 6) is -0.125. The fraction of sp³-hybridized carbons (Fsp3) is 0.429. The number of aromatic nitrogens is 2. The van der Waals surface area contributed by atoms with Gasteiger partial charge in [0.1, 0.15) is 0 Å². The van der Waals surface area contributed by atoms with Crippen LogP contribution in [0.1, 0.15) is 25.3 Å². The van der Waals surface area contributed by atoms with Gasteiger partial charge in [-0.05, 0) is 32.0 Å². The van der Waals surface area contributed by atoms with Crippen LogP contribution in [0.25, 0.3) is 5.52 Å². The number of carbonyl (C=O) groups excluding carboxylic acids is 1. The molecule has 0 radical (unpaired) electrons. The van der Waals surface area contributed by atoms with Crippen LogP contribution in [-0.2, 0) is 16.1 Å². The average molecular weight is 261 g/mol. The van der Waals surface area contributed by atoms with E-state index in [2.05, 4.69) is 10.4 Å². The first-order chi connectivity index (χ1) is 9.31. The van der Waals surface area contributed by atoms with Crippen LogP contribution in [0.15, 0.2) is 30.6 Å². The van der Waals surface area contributed by atoms with Crippen LogP contribution >= 0.6 is 0 Å². The molecule has 0 saturated carbocycles. The van der Waals surface area contributed by atoms with E-state index in [9.17, 15) is 4.79 Å². The van der Waals surface area contributed by atoms with Crippen LogP contribution in [0.4, 0.5) is 0 Å². The maximum Gasteiger partial charge on any atom is 0.305 e. The highest BCUT2D eigenvalue weighted by atomic mass is 16.5. The zero-order valence-electron chi connectivity index (χ0n) is 11.1. The minimum atomic E-state index is -0.125. The molecule has 2 heterocycles. The first kappa shape index (κ1) is 13.5. The molecule has 0 spiro atoms. The number of ether oxygens (including phenoxy) is 1. The Labute approximate surface area is 112 Å². The molecule has 19 heavy (non-hydrogen) atoms. The zero-order chi connectivity index (χ0) is 13.5. The monoisotopic (exact) mass is 261 g/mol. The summed E-state index contributed by atoms with van der Waals surface area (Å²) in [6.45, 7) is 3.83. The van der Waals surface area contributed by atoms with Gasteiger partial charge in [0.15, 0.2) is 0 Å². The van der Waals surface area contributed by atoms with Crippen molar-refractivity contribution in [3.8, 4) is 0 Å². The number of pyridine rings is 1. The van der Waals surface area contributed by atoms with Crippen LogP contribution < -0.4 is 5.32 Å². The largest absolute Gasteiger partial charge is 0.466 e. The molecule has 0 bridgehead atoms. The molecule has 102 valence electrons. The van der Waals surface area contributed by atoms with E-state index < -0.39 is 0 Å². The van der Waals surface area contributed by atoms with Gasteiger partial charge in [-0.25, -0.2) is 4.52 Å². The predicted octanol–water partition coefficient (Wildman–Crippen LogP) is 1.77. The van der Waals surface area contributed by atoms with Crippen LogP contribution in [0.2, 0.25) is 0 Å². The van der Waals surface area contributed by atoms with Gasteiger partial charge in [-0.2, -0.15) is 5.10 Å². The Morgan fingerprint density at radius 3 is 3.21 bits per heavy atom. The second-order valence-electron chi connectivity index (χ2n) is 4.29. The Balaban J connectivity index is 1.73. The first-order valence-electron chi connectivity index (χ1n) is 6.59. The minimum Gasteiger partial charge on any atom is -0.466 e. The normalized spacial score (nSPS) is 10.8. The molecule has 5 heteroatoms. The van der Waals surface area contributed by atoms with Gasteiger partial charge >= 0.3 is 5.97 Å². The molecule has 0 amide bonds. The fourth-order valence-electron chi connectivity index (χ4n) is 1.94. The third-order valence-electron chi connectivity index (χ3n) is 2.86. The molecule has 2 aromatic heterocycles. The first-order valence-corrected chi connectivity index (χ1v) is 6.59. The van der Waals surface area contributed by atoms with E-state index in [1.807, 2.05) is 42.0 Å². The van der Waals surface area contributed by atoms with E-state index in [4.69, 9.17) is 4.74 Å². The van der Waals surface area contributed by atoms with Crippen molar-refractivity contribution in [3.05, 3.63) is 36.2 Å². The Kier molecular flexibility index (Phi) is 4.92. The molecular weight excluding hydrogens is 242 g/mol. The van der Waals surface area contributed by atoms with Crippen molar-refractivity contribution in [1.82, 2.24) is 14.9 Å². The highest BCUT2D eigenvalue weighted by Gasteiger charge is 2.03.